The molecule has 0 heterocycles. The van der Waals surface area contributed by atoms with Crippen LogP contribution >= 0.6 is 0 Å². The van der Waals surface area contributed by atoms with Crippen LogP contribution in [0.3, 0.4) is 0 Å². The molecule has 0 spiro atoms. The van der Waals surface area contributed by atoms with Gasteiger partial charge in [0.05, 0.1) is 0 Å². The molecule has 0 saturated carbocycles. The third-order valence-corrected chi connectivity index (χ3v) is 7.65. The van der Waals surface area contributed by atoms with Gasteiger partial charge in [-0.3, -0.25) is 0 Å². The van der Waals surface area contributed by atoms with Crippen molar-refractivity contribution in [3.8, 4) is 35.5 Å². The molecule has 2 aliphatic rings. The van der Waals surface area contributed by atoms with Crippen molar-refractivity contribution in [1.82, 2.24) is 0 Å². The molecule has 0 aromatic carbocycles. The van der Waals surface area contributed by atoms with Crippen LogP contribution in [0.2, 0.25) is 0 Å². The second kappa shape index (κ2) is 15.4. The first-order valence-electron chi connectivity index (χ1n) is 14.8. The minimum Gasteiger partial charge on any atom is -0.0989 e. The van der Waals surface area contributed by atoms with E-state index >= 15 is 0 Å². The average Bonchev–Trinajstić information content (AvgIpc) is 2.85. The van der Waals surface area contributed by atoms with E-state index in [1.54, 1.807) is 0 Å². The highest BCUT2D eigenvalue weighted by Crippen LogP contribution is 2.41. The van der Waals surface area contributed by atoms with Crippen molar-refractivity contribution in [3.05, 3.63) is 93.7 Å². The average molecular weight is 531 g/mol. The van der Waals surface area contributed by atoms with E-state index in [2.05, 4.69) is 140 Å². The lowest BCUT2D eigenvalue weighted by atomic mass is 9.72. The molecule has 0 aromatic heterocycles. The van der Waals surface area contributed by atoms with Gasteiger partial charge >= 0.3 is 0 Å². The van der Waals surface area contributed by atoms with Crippen LogP contribution in [0.5, 0.6) is 0 Å². The summed E-state index contributed by atoms with van der Waals surface area (Å²) in [5.41, 5.74) is 9.46. The van der Waals surface area contributed by atoms with E-state index in [0.717, 1.165) is 18.4 Å². The minimum absolute atomic E-state index is 0.0725. The molecule has 0 saturated heterocycles. The first-order valence-corrected chi connectivity index (χ1v) is 14.8. The first-order chi connectivity index (χ1) is 18.8. The Balaban J connectivity index is 1.86. The second-order valence-corrected chi connectivity index (χ2v) is 12.7. The predicted molar refractivity (Wildman–Crippen MR) is 177 cm³/mol. The molecule has 1 atom stereocenters. The van der Waals surface area contributed by atoms with Crippen molar-refractivity contribution in [1.29, 1.82) is 0 Å². The monoisotopic (exact) mass is 530 g/mol. The number of rotatable bonds is 5. The highest BCUT2D eigenvalue weighted by atomic mass is 14.3. The number of hydrogen-bond donors (Lipinski definition) is 0. The van der Waals surface area contributed by atoms with Gasteiger partial charge in [-0.05, 0) is 93.7 Å². The van der Waals surface area contributed by atoms with Gasteiger partial charge in [0, 0.05) is 29.7 Å². The van der Waals surface area contributed by atoms with Crippen molar-refractivity contribution in [2.75, 3.05) is 0 Å². The first kappa shape index (κ1) is 32.8. The molecule has 0 nitrogen and oxygen atoms in total. The van der Waals surface area contributed by atoms with Gasteiger partial charge < -0.3 is 0 Å². The largest absolute Gasteiger partial charge is 0.0989 e. The van der Waals surface area contributed by atoms with Crippen molar-refractivity contribution >= 4 is 0 Å². The molecule has 0 amide bonds. The standard InChI is InChI=1S/C40H50/c1-31(19-13-21-33(3)25-27-37-35(5)23-15-29-39(37,7)8)17-11-12-18-32(2)20-14-22-34(4)26-28-38-36(6)24-16-30-40(38,9)10/h15,18,22-23,25-29,31H,16-17,21,24,30H2,1-10H3/b28-26+,32-18+,33-25+,34-22+,37-27+. The van der Waals surface area contributed by atoms with Gasteiger partial charge in [-0.1, -0.05) is 124 Å². The van der Waals surface area contributed by atoms with Gasteiger partial charge in [0.15, 0.2) is 0 Å². The fraction of sp³-hybridized carbons (Fsp3) is 0.450. The molecule has 40 heavy (non-hydrogen) atoms. The van der Waals surface area contributed by atoms with Gasteiger partial charge in [-0.25, -0.2) is 0 Å². The Morgan fingerprint density at radius 2 is 1.77 bits per heavy atom. The van der Waals surface area contributed by atoms with Crippen LogP contribution < -0.4 is 0 Å². The smallest absolute Gasteiger partial charge is 0.0299 e. The van der Waals surface area contributed by atoms with E-state index in [9.17, 15) is 0 Å². The maximum Gasteiger partial charge on any atom is 0.0299 e. The maximum absolute atomic E-state index is 3.35. The zero-order valence-electron chi connectivity index (χ0n) is 26.8. The Hall–Kier alpha value is -3.40. The molecule has 0 radical (unpaired) electrons. The fourth-order valence-electron chi connectivity index (χ4n) is 5.11. The van der Waals surface area contributed by atoms with Crippen molar-refractivity contribution < 1.29 is 0 Å². The summed E-state index contributed by atoms with van der Waals surface area (Å²) in [4.78, 5) is 0. The van der Waals surface area contributed by atoms with E-state index in [1.165, 1.54) is 52.7 Å². The summed E-state index contributed by atoms with van der Waals surface area (Å²) in [6.45, 7) is 22.1. The molecule has 0 aromatic rings. The lowest BCUT2D eigenvalue weighted by Crippen LogP contribution is -2.19. The molecule has 2 rings (SSSR count). The van der Waals surface area contributed by atoms with E-state index in [-0.39, 0.29) is 16.7 Å². The summed E-state index contributed by atoms with van der Waals surface area (Å²) in [6, 6.07) is 0. The Labute approximate surface area is 246 Å². The van der Waals surface area contributed by atoms with E-state index < -0.39 is 0 Å². The Morgan fingerprint density at radius 3 is 2.48 bits per heavy atom. The van der Waals surface area contributed by atoms with Crippen LogP contribution in [0.15, 0.2) is 93.7 Å². The SMILES string of the molecule is CC1=CC=CC(C)(C)/C1=C/C=C(\C)CC#CC(C)CC#C/C=C(\C)C#C/C=C(C)/C=C/C1=C(C)CCCC1(C)C. The van der Waals surface area contributed by atoms with Crippen LogP contribution in [-0.4, -0.2) is 0 Å². The summed E-state index contributed by atoms with van der Waals surface area (Å²) in [5, 5.41) is 0. The summed E-state index contributed by atoms with van der Waals surface area (Å²) >= 11 is 0. The van der Waals surface area contributed by atoms with E-state index in [4.69, 9.17) is 0 Å². The molecule has 0 N–H and O–H groups in total. The molecular formula is C40H50. The molecule has 0 fully saturated rings. The van der Waals surface area contributed by atoms with Gasteiger partial charge in [0.1, 0.15) is 0 Å². The van der Waals surface area contributed by atoms with Crippen LogP contribution in [0, 0.1) is 52.3 Å². The zero-order valence-corrected chi connectivity index (χ0v) is 26.8. The Morgan fingerprint density at radius 1 is 1.02 bits per heavy atom. The molecule has 210 valence electrons. The Bertz CT molecular complexity index is 1360. The predicted octanol–water partition coefficient (Wildman–Crippen LogP) is 10.8. The number of allylic oxidation sites excluding steroid dienone is 16. The van der Waals surface area contributed by atoms with Crippen molar-refractivity contribution in [2.24, 2.45) is 16.7 Å². The highest BCUT2D eigenvalue weighted by molar-refractivity contribution is 5.46. The van der Waals surface area contributed by atoms with Gasteiger partial charge in [0.25, 0.3) is 0 Å². The fourth-order valence-corrected chi connectivity index (χ4v) is 5.11. The summed E-state index contributed by atoms with van der Waals surface area (Å²) in [7, 11) is 0. The molecule has 1 unspecified atom stereocenters. The topological polar surface area (TPSA) is 0 Å². The van der Waals surface area contributed by atoms with Crippen molar-refractivity contribution in [3.63, 3.8) is 0 Å². The molecule has 0 bridgehead atoms. The zero-order chi connectivity index (χ0) is 29.8. The molecular weight excluding hydrogens is 480 g/mol. The normalized spacial score (nSPS) is 20.7. The quantitative estimate of drug-likeness (QED) is 0.245. The maximum atomic E-state index is 3.35. The lowest BCUT2D eigenvalue weighted by Gasteiger charge is -2.32. The van der Waals surface area contributed by atoms with Crippen LogP contribution in [-0.2, 0) is 0 Å². The van der Waals surface area contributed by atoms with Crippen LogP contribution in [0.1, 0.15) is 101 Å². The van der Waals surface area contributed by atoms with Crippen molar-refractivity contribution in [2.45, 2.75) is 101 Å². The molecule has 0 heteroatoms. The van der Waals surface area contributed by atoms with E-state index in [1.807, 2.05) is 19.1 Å². The van der Waals surface area contributed by atoms with Crippen LogP contribution in [0.4, 0.5) is 0 Å². The minimum atomic E-state index is 0.0725. The highest BCUT2D eigenvalue weighted by Gasteiger charge is 2.26. The van der Waals surface area contributed by atoms with E-state index in [0.29, 0.717) is 0 Å². The van der Waals surface area contributed by atoms with Gasteiger partial charge in [0.2, 0.25) is 0 Å². The molecule has 2 aliphatic carbocycles. The Kier molecular flexibility index (Phi) is 12.6. The number of hydrogen-bond acceptors (Lipinski definition) is 0. The third-order valence-electron chi connectivity index (χ3n) is 7.65. The van der Waals surface area contributed by atoms with Crippen LogP contribution in [0.25, 0.3) is 0 Å². The summed E-state index contributed by atoms with van der Waals surface area (Å²) in [6.07, 6.45) is 24.8. The summed E-state index contributed by atoms with van der Waals surface area (Å²) < 4.78 is 0. The third kappa shape index (κ3) is 11.0. The van der Waals surface area contributed by atoms with Gasteiger partial charge in [-0.2, -0.15) is 0 Å². The summed E-state index contributed by atoms with van der Waals surface area (Å²) in [5.74, 6) is 19.7. The lowest BCUT2D eigenvalue weighted by molar-refractivity contribution is 0.377. The second-order valence-electron chi connectivity index (χ2n) is 12.7. The van der Waals surface area contributed by atoms with Gasteiger partial charge in [-0.15, -0.1) is 0 Å². The molecule has 0 aliphatic heterocycles.